The first-order chi connectivity index (χ1) is 7.66. The minimum absolute atomic E-state index is 0.248. The number of hydrogen-bond donors (Lipinski definition) is 2. The molecule has 2 rings (SSSR count). The van der Waals surface area contributed by atoms with Crippen molar-refractivity contribution >= 4 is 21.7 Å². The second-order valence-corrected chi connectivity index (χ2v) is 3.77. The number of halogens is 1. The Balaban J connectivity index is 2.10. The first-order valence-electron chi connectivity index (χ1n) is 4.43. The normalized spacial score (nSPS) is 10.4. The Labute approximate surface area is 98.4 Å². The molecule has 0 atom stereocenters. The maximum atomic E-state index is 11.2. The average molecular weight is 286 g/mol. The van der Waals surface area contributed by atoms with Crippen LogP contribution in [0.4, 0.5) is 5.82 Å². The van der Waals surface area contributed by atoms with Gasteiger partial charge in [-0.2, -0.15) is 4.98 Å². The first-order valence-corrected chi connectivity index (χ1v) is 5.22. The highest BCUT2D eigenvalue weighted by molar-refractivity contribution is 9.10. The van der Waals surface area contributed by atoms with Gasteiger partial charge in [0.15, 0.2) is 5.82 Å². The van der Waals surface area contributed by atoms with E-state index in [-0.39, 0.29) is 5.56 Å². The van der Waals surface area contributed by atoms with Crippen molar-refractivity contribution in [3.63, 3.8) is 0 Å². The highest BCUT2D eigenvalue weighted by Crippen LogP contribution is 2.13. The molecule has 7 nitrogen and oxygen atoms in total. The Kier molecular flexibility index (Phi) is 3.00. The molecule has 0 saturated carbocycles. The molecule has 16 heavy (non-hydrogen) atoms. The van der Waals surface area contributed by atoms with Crippen molar-refractivity contribution in [2.45, 2.75) is 13.5 Å². The lowest BCUT2D eigenvalue weighted by Crippen LogP contribution is -2.12. The molecule has 0 bridgehead atoms. The second kappa shape index (κ2) is 4.44. The molecule has 2 N–H and O–H groups in total. The number of aromatic nitrogens is 4. The molecule has 2 aromatic heterocycles. The van der Waals surface area contributed by atoms with Crippen molar-refractivity contribution in [2.24, 2.45) is 0 Å². The molecule has 0 amide bonds. The molecule has 0 saturated heterocycles. The van der Waals surface area contributed by atoms with E-state index in [0.29, 0.717) is 28.6 Å². The van der Waals surface area contributed by atoms with E-state index in [1.807, 2.05) is 0 Å². The van der Waals surface area contributed by atoms with Gasteiger partial charge in [-0.3, -0.25) is 4.79 Å². The fourth-order valence-corrected chi connectivity index (χ4v) is 1.44. The van der Waals surface area contributed by atoms with Crippen LogP contribution >= 0.6 is 15.9 Å². The Morgan fingerprint density at radius 1 is 1.62 bits per heavy atom. The topological polar surface area (TPSA) is 96.7 Å². The summed E-state index contributed by atoms with van der Waals surface area (Å²) in [5, 5.41) is 6.63. The van der Waals surface area contributed by atoms with Crippen molar-refractivity contribution < 1.29 is 4.52 Å². The molecule has 0 unspecified atom stereocenters. The molecule has 2 heterocycles. The average Bonchev–Trinajstić information content (AvgIpc) is 2.67. The zero-order chi connectivity index (χ0) is 11.5. The van der Waals surface area contributed by atoms with Gasteiger partial charge in [0, 0.05) is 6.92 Å². The summed E-state index contributed by atoms with van der Waals surface area (Å²) in [5.74, 6) is 1.44. The van der Waals surface area contributed by atoms with Crippen LogP contribution < -0.4 is 10.9 Å². The third-order valence-corrected chi connectivity index (χ3v) is 2.52. The number of aromatic amines is 1. The van der Waals surface area contributed by atoms with E-state index in [1.165, 1.54) is 6.33 Å². The number of nitrogens with one attached hydrogen (secondary N) is 2. The van der Waals surface area contributed by atoms with Crippen molar-refractivity contribution in [1.29, 1.82) is 0 Å². The molecule has 0 spiro atoms. The fourth-order valence-electron chi connectivity index (χ4n) is 1.08. The van der Waals surface area contributed by atoms with Gasteiger partial charge in [-0.05, 0) is 15.9 Å². The number of anilines is 1. The predicted molar refractivity (Wildman–Crippen MR) is 58.9 cm³/mol. The Bertz CT molecular complexity index is 549. The van der Waals surface area contributed by atoms with Crippen LogP contribution in [0.15, 0.2) is 20.1 Å². The molecular weight excluding hydrogens is 278 g/mol. The van der Waals surface area contributed by atoms with Crippen molar-refractivity contribution in [3.8, 4) is 0 Å². The van der Waals surface area contributed by atoms with Gasteiger partial charge < -0.3 is 14.8 Å². The number of hydrogen-bond acceptors (Lipinski definition) is 6. The highest BCUT2D eigenvalue weighted by atomic mass is 79.9. The largest absolute Gasteiger partial charge is 0.361 e. The third kappa shape index (κ3) is 2.27. The van der Waals surface area contributed by atoms with Crippen molar-refractivity contribution in [3.05, 3.63) is 32.9 Å². The lowest BCUT2D eigenvalue weighted by Gasteiger charge is -2.02. The minimum Gasteiger partial charge on any atom is -0.361 e. The summed E-state index contributed by atoms with van der Waals surface area (Å²) in [6, 6.07) is 0. The molecule has 0 radical (unpaired) electrons. The zero-order valence-electron chi connectivity index (χ0n) is 8.32. The van der Waals surface area contributed by atoms with Crippen LogP contribution in [0.1, 0.15) is 11.7 Å². The molecule has 0 aliphatic rings. The van der Waals surface area contributed by atoms with E-state index in [0.717, 1.165) is 0 Å². The standard InChI is InChI=1S/C8H8BrN5O2/c1-4-13-5(14-16-4)2-10-7-6(9)8(15)12-3-11-7/h3H,2H2,1H3,(H2,10,11,12,15). The molecule has 0 aliphatic heterocycles. The SMILES string of the molecule is Cc1nc(CNc2nc[nH]c(=O)c2Br)no1. The summed E-state index contributed by atoms with van der Waals surface area (Å²) < 4.78 is 5.15. The smallest absolute Gasteiger partial charge is 0.267 e. The molecule has 84 valence electrons. The number of aryl methyl sites for hydroxylation is 1. The molecule has 0 fully saturated rings. The fraction of sp³-hybridized carbons (Fsp3) is 0.250. The van der Waals surface area contributed by atoms with Gasteiger partial charge in [0.1, 0.15) is 10.3 Å². The first kappa shape index (κ1) is 10.8. The Morgan fingerprint density at radius 3 is 3.12 bits per heavy atom. The minimum atomic E-state index is -0.248. The number of nitrogens with zero attached hydrogens (tertiary/aromatic N) is 3. The molecule has 0 aliphatic carbocycles. The summed E-state index contributed by atoms with van der Waals surface area (Å²) in [7, 11) is 0. The second-order valence-electron chi connectivity index (χ2n) is 2.98. The summed E-state index contributed by atoms with van der Waals surface area (Å²) in [6.07, 6.45) is 1.32. The summed E-state index contributed by atoms with van der Waals surface area (Å²) in [4.78, 5) is 21.6. The van der Waals surface area contributed by atoms with E-state index in [2.05, 4.69) is 41.4 Å². The quantitative estimate of drug-likeness (QED) is 0.867. The van der Waals surface area contributed by atoms with Gasteiger partial charge in [0.05, 0.1) is 12.9 Å². The van der Waals surface area contributed by atoms with Crippen LogP contribution in [-0.2, 0) is 6.54 Å². The van der Waals surface area contributed by atoms with E-state index in [9.17, 15) is 4.79 Å². The van der Waals surface area contributed by atoms with Crippen LogP contribution in [0, 0.1) is 6.92 Å². The van der Waals surface area contributed by atoms with Crippen molar-refractivity contribution in [2.75, 3.05) is 5.32 Å². The van der Waals surface area contributed by atoms with Crippen LogP contribution in [-0.4, -0.2) is 20.1 Å². The highest BCUT2D eigenvalue weighted by Gasteiger charge is 2.06. The van der Waals surface area contributed by atoms with E-state index < -0.39 is 0 Å². The Hall–Kier alpha value is -1.70. The molecule has 2 aromatic rings. The van der Waals surface area contributed by atoms with E-state index >= 15 is 0 Å². The summed E-state index contributed by atoms with van der Waals surface area (Å²) >= 11 is 3.13. The van der Waals surface area contributed by atoms with Gasteiger partial charge >= 0.3 is 0 Å². The van der Waals surface area contributed by atoms with Crippen LogP contribution in [0.3, 0.4) is 0 Å². The van der Waals surface area contributed by atoms with Gasteiger partial charge in [0.2, 0.25) is 5.89 Å². The van der Waals surface area contributed by atoms with E-state index in [1.54, 1.807) is 6.92 Å². The number of H-pyrrole nitrogens is 1. The summed E-state index contributed by atoms with van der Waals surface area (Å²) in [5.41, 5.74) is -0.248. The van der Waals surface area contributed by atoms with Gasteiger partial charge in [-0.15, -0.1) is 0 Å². The predicted octanol–water partition coefficient (Wildman–Crippen LogP) is 0.836. The van der Waals surface area contributed by atoms with Crippen LogP contribution in [0.25, 0.3) is 0 Å². The third-order valence-electron chi connectivity index (χ3n) is 1.78. The summed E-state index contributed by atoms with van der Waals surface area (Å²) in [6.45, 7) is 2.05. The monoisotopic (exact) mass is 285 g/mol. The van der Waals surface area contributed by atoms with Crippen LogP contribution in [0.5, 0.6) is 0 Å². The van der Waals surface area contributed by atoms with Gasteiger partial charge in [-0.25, -0.2) is 4.98 Å². The zero-order valence-corrected chi connectivity index (χ0v) is 9.91. The Morgan fingerprint density at radius 2 is 2.44 bits per heavy atom. The van der Waals surface area contributed by atoms with Gasteiger partial charge in [-0.1, -0.05) is 5.16 Å². The molecule has 0 aromatic carbocycles. The maximum Gasteiger partial charge on any atom is 0.267 e. The maximum absolute atomic E-state index is 11.2. The van der Waals surface area contributed by atoms with E-state index in [4.69, 9.17) is 4.52 Å². The lowest BCUT2D eigenvalue weighted by molar-refractivity contribution is 0.388. The molecule has 8 heteroatoms. The van der Waals surface area contributed by atoms with Crippen molar-refractivity contribution in [1.82, 2.24) is 20.1 Å². The number of rotatable bonds is 3. The van der Waals surface area contributed by atoms with Gasteiger partial charge in [0.25, 0.3) is 5.56 Å². The lowest BCUT2D eigenvalue weighted by atomic mass is 10.5. The molecular formula is C8H8BrN5O2. The van der Waals surface area contributed by atoms with Crippen LogP contribution in [0.2, 0.25) is 0 Å².